The summed E-state index contributed by atoms with van der Waals surface area (Å²) >= 11 is 1.76. The van der Waals surface area contributed by atoms with Crippen LogP contribution in [-0.4, -0.2) is 41.9 Å². The Morgan fingerprint density at radius 1 is 1.56 bits per heavy atom. The molecule has 0 aromatic carbocycles. The highest BCUT2D eigenvalue weighted by molar-refractivity contribution is 8.14. The molecule has 4 nitrogen and oxygen atoms in total. The van der Waals surface area contributed by atoms with Crippen LogP contribution in [0.5, 0.6) is 0 Å². The van der Waals surface area contributed by atoms with Crippen molar-refractivity contribution in [1.29, 1.82) is 0 Å². The summed E-state index contributed by atoms with van der Waals surface area (Å²) in [6, 6.07) is 4.06. The standard InChI is InChI=1S/C10H15BN4S/c11-6-16-10-13-7-15(8-14-10)5-9-2-1-3-12-4-9/h1-4H,5-8,11H2,(H,13,14). The molecule has 6 heteroatoms. The van der Waals surface area contributed by atoms with Crippen molar-refractivity contribution >= 4 is 24.8 Å². The van der Waals surface area contributed by atoms with Gasteiger partial charge in [-0.25, -0.2) is 4.99 Å². The summed E-state index contributed by atoms with van der Waals surface area (Å²) in [5.74, 6) is 0. The molecule has 1 aromatic heterocycles. The molecule has 1 N–H and O–H groups in total. The summed E-state index contributed by atoms with van der Waals surface area (Å²) in [7, 11) is 2.14. The molecule has 0 spiro atoms. The molecule has 84 valence electrons. The molecule has 0 amide bonds. The minimum Gasteiger partial charge on any atom is -0.352 e. The molecule has 0 saturated heterocycles. The fourth-order valence-electron chi connectivity index (χ4n) is 1.54. The number of rotatable bonds is 3. The molecule has 2 rings (SSSR count). The van der Waals surface area contributed by atoms with Crippen molar-refractivity contribution in [3.05, 3.63) is 30.1 Å². The maximum absolute atomic E-state index is 4.47. The molecule has 0 fully saturated rings. The van der Waals surface area contributed by atoms with Gasteiger partial charge in [-0.2, -0.15) is 0 Å². The summed E-state index contributed by atoms with van der Waals surface area (Å²) in [6.07, 6.45) is 3.70. The zero-order valence-corrected chi connectivity index (χ0v) is 10.2. The number of hydrogen-bond donors (Lipinski definition) is 1. The summed E-state index contributed by atoms with van der Waals surface area (Å²) < 4.78 is 0. The van der Waals surface area contributed by atoms with Crippen LogP contribution in [0.1, 0.15) is 5.56 Å². The maximum Gasteiger partial charge on any atom is 0.158 e. The number of nitrogens with one attached hydrogen (secondary N) is 1. The van der Waals surface area contributed by atoms with E-state index >= 15 is 0 Å². The molecule has 1 aliphatic rings. The molecule has 0 unspecified atom stereocenters. The van der Waals surface area contributed by atoms with Crippen LogP contribution in [0.3, 0.4) is 0 Å². The molecule has 16 heavy (non-hydrogen) atoms. The van der Waals surface area contributed by atoms with Gasteiger partial charge in [0.15, 0.2) is 5.17 Å². The van der Waals surface area contributed by atoms with Gasteiger partial charge in [-0.15, -0.1) is 0 Å². The lowest BCUT2D eigenvalue weighted by Crippen LogP contribution is -2.41. The molecule has 0 saturated carbocycles. The molecule has 1 aromatic rings. The summed E-state index contributed by atoms with van der Waals surface area (Å²) in [5, 5.41) is 4.37. The first kappa shape index (κ1) is 11.5. The molecule has 2 heterocycles. The first-order valence-electron chi connectivity index (χ1n) is 5.41. The van der Waals surface area contributed by atoms with E-state index in [1.807, 2.05) is 12.3 Å². The van der Waals surface area contributed by atoms with Gasteiger partial charge >= 0.3 is 0 Å². The zero-order valence-electron chi connectivity index (χ0n) is 9.39. The highest BCUT2D eigenvalue weighted by Gasteiger charge is 2.11. The largest absolute Gasteiger partial charge is 0.352 e. The van der Waals surface area contributed by atoms with Crippen molar-refractivity contribution in [2.75, 3.05) is 19.0 Å². The number of amidine groups is 1. The second kappa shape index (κ2) is 5.91. The number of pyridine rings is 1. The molecule has 0 atom stereocenters. The summed E-state index contributed by atoms with van der Waals surface area (Å²) in [5.41, 5.74) is 2.29. The first-order chi connectivity index (χ1) is 7.88. The maximum atomic E-state index is 4.47. The SMILES string of the molecule is BCSC1=NCN(Cc2cccnc2)CN1. The Morgan fingerprint density at radius 2 is 2.50 bits per heavy atom. The quantitative estimate of drug-likeness (QED) is 0.752. The van der Waals surface area contributed by atoms with Crippen molar-refractivity contribution in [3.8, 4) is 0 Å². The van der Waals surface area contributed by atoms with Gasteiger partial charge in [0.1, 0.15) is 7.85 Å². The molecule has 0 aliphatic carbocycles. The van der Waals surface area contributed by atoms with E-state index < -0.39 is 0 Å². The minimum atomic E-state index is 0.768. The normalized spacial score (nSPS) is 16.6. The van der Waals surface area contributed by atoms with Gasteiger partial charge in [0.05, 0.1) is 13.3 Å². The van der Waals surface area contributed by atoms with Crippen molar-refractivity contribution < 1.29 is 0 Å². The smallest absolute Gasteiger partial charge is 0.158 e. The predicted octanol–water partition coefficient (Wildman–Crippen LogP) is 0.0816. The number of hydrogen-bond acceptors (Lipinski definition) is 5. The van der Waals surface area contributed by atoms with Crippen LogP contribution in [0.25, 0.3) is 0 Å². The van der Waals surface area contributed by atoms with E-state index in [4.69, 9.17) is 0 Å². The van der Waals surface area contributed by atoms with Crippen molar-refractivity contribution in [3.63, 3.8) is 0 Å². The van der Waals surface area contributed by atoms with Crippen LogP contribution in [0.15, 0.2) is 29.5 Å². The second-order valence-electron chi connectivity index (χ2n) is 3.56. The topological polar surface area (TPSA) is 40.5 Å². The predicted molar refractivity (Wildman–Crippen MR) is 71.1 cm³/mol. The van der Waals surface area contributed by atoms with Crippen LogP contribution < -0.4 is 5.32 Å². The average molecular weight is 234 g/mol. The summed E-state index contributed by atoms with van der Waals surface area (Å²) in [4.78, 5) is 10.8. The van der Waals surface area contributed by atoms with E-state index in [1.54, 1.807) is 18.0 Å². The molecule has 1 aliphatic heterocycles. The minimum absolute atomic E-state index is 0.768. The van der Waals surface area contributed by atoms with Crippen LogP contribution in [0.2, 0.25) is 0 Å². The highest BCUT2D eigenvalue weighted by Crippen LogP contribution is 2.07. The first-order valence-corrected chi connectivity index (χ1v) is 6.39. The lowest BCUT2D eigenvalue weighted by atomic mass is 10.2. The molecule has 0 bridgehead atoms. The monoisotopic (exact) mass is 234 g/mol. The van der Waals surface area contributed by atoms with Gasteiger partial charge in [0, 0.05) is 18.9 Å². The fourth-order valence-corrected chi connectivity index (χ4v) is 2.13. The number of aliphatic imine (C=N–C) groups is 1. The van der Waals surface area contributed by atoms with Crippen LogP contribution >= 0.6 is 11.8 Å². The van der Waals surface area contributed by atoms with Crippen LogP contribution in [0.4, 0.5) is 0 Å². The Labute approximate surface area is 101 Å². The van der Waals surface area contributed by atoms with E-state index in [1.165, 1.54) is 5.56 Å². The van der Waals surface area contributed by atoms with Gasteiger partial charge in [0.2, 0.25) is 0 Å². The Morgan fingerprint density at radius 3 is 3.12 bits per heavy atom. The summed E-state index contributed by atoms with van der Waals surface area (Å²) in [6.45, 7) is 2.53. The van der Waals surface area contributed by atoms with Gasteiger partial charge in [0.25, 0.3) is 0 Å². The third kappa shape index (κ3) is 3.25. The van der Waals surface area contributed by atoms with E-state index in [2.05, 4.69) is 34.1 Å². The number of thioether (sulfide) groups is 1. The second-order valence-corrected chi connectivity index (χ2v) is 4.82. The zero-order chi connectivity index (χ0) is 11.2. The van der Waals surface area contributed by atoms with Crippen LogP contribution in [-0.2, 0) is 6.54 Å². The van der Waals surface area contributed by atoms with Crippen molar-refractivity contribution in [1.82, 2.24) is 15.2 Å². The van der Waals surface area contributed by atoms with E-state index in [9.17, 15) is 0 Å². The highest BCUT2D eigenvalue weighted by atomic mass is 32.2. The van der Waals surface area contributed by atoms with Gasteiger partial charge in [-0.3, -0.25) is 9.88 Å². The molecular weight excluding hydrogens is 219 g/mol. The van der Waals surface area contributed by atoms with Crippen LogP contribution in [0, 0.1) is 0 Å². The van der Waals surface area contributed by atoms with Gasteiger partial charge in [-0.05, 0) is 17.3 Å². The Bertz CT molecular complexity index is 357. The molecule has 0 radical (unpaired) electrons. The van der Waals surface area contributed by atoms with Crippen molar-refractivity contribution in [2.45, 2.75) is 6.54 Å². The van der Waals surface area contributed by atoms with E-state index in [-0.39, 0.29) is 0 Å². The number of nitrogens with zero attached hydrogens (tertiary/aromatic N) is 3. The van der Waals surface area contributed by atoms with Crippen molar-refractivity contribution in [2.24, 2.45) is 4.99 Å². The molecular formula is C10H15BN4S. The number of aromatic nitrogens is 1. The average Bonchev–Trinajstić information content (AvgIpc) is 2.33. The Balaban J connectivity index is 1.86. The lowest BCUT2D eigenvalue weighted by molar-refractivity contribution is 0.258. The third-order valence-corrected chi connectivity index (χ3v) is 3.11. The Hall–Kier alpha value is -1.01. The lowest BCUT2D eigenvalue weighted by Gasteiger charge is -2.26. The Kier molecular flexibility index (Phi) is 4.24. The van der Waals surface area contributed by atoms with E-state index in [0.29, 0.717) is 0 Å². The van der Waals surface area contributed by atoms with E-state index in [0.717, 1.165) is 30.7 Å². The van der Waals surface area contributed by atoms with Gasteiger partial charge < -0.3 is 5.32 Å². The third-order valence-electron chi connectivity index (χ3n) is 2.28. The van der Waals surface area contributed by atoms with Gasteiger partial charge in [-0.1, -0.05) is 17.8 Å². The fraction of sp³-hybridized carbons (Fsp3) is 0.400.